The fraction of sp³-hybridized carbons (Fsp3) is 0.734. The maximum atomic E-state index is 12.8. The molecular weight excluding hydrogens is 865 g/mol. The molecule has 6 nitrogen and oxygen atoms in total. The molecule has 0 saturated heterocycles. The van der Waals surface area contributed by atoms with Gasteiger partial charge in [-0.1, -0.05) is 241 Å². The summed E-state index contributed by atoms with van der Waals surface area (Å²) in [4.78, 5) is 38.2. The van der Waals surface area contributed by atoms with Crippen LogP contribution in [-0.4, -0.2) is 37.2 Å². The molecule has 0 spiro atoms. The lowest BCUT2D eigenvalue weighted by Gasteiger charge is -2.18. The lowest BCUT2D eigenvalue weighted by molar-refractivity contribution is -0.167. The third kappa shape index (κ3) is 55.5. The Labute approximate surface area is 433 Å². The minimum Gasteiger partial charge on any atom is -0.462 e. The van der Waals surface area contributed by atoms with Crippen molar-refractivity contribution in [3.8, 4) is 0 Å². The van der Waals surface area contributed by atoms with Gasteiger partial charge in [0, 0.05) is 19.3 Å². The lowest BCUT2D eigenvalue weighted by atomic mass is 10.1. The van der Waals surface area contributed by atoms with E-state index in [1.807, 2.05) is 0 Å². The van der Waals surface area contributed by atoms with Crippen LogP contribution in [0.1, 0.15) is 284 Å². The Hall–Kier alpha value is -3.41. The summed E-state index contributed by atoms with van der Waals surface area (Å²) in [6, 6.07) is 0. The van der Waals surface area contributed by atoms with E-state index in [9.17, 15) is 14.4 Å². The summed E-state index contributed by atoms with van der Waals surface area (Å²) in [7, 11) is 0. The van der Waals surface area contributed by atoms with Gasteiger partial charge in [-0.15, -0.1) is 0 Å². The second kappa shape index (κ2) is 58.2. The van der Waals surface area contributed by atoms with Crippen LogP contribution in [0.25, 0.3) is 0 Å². The van der Waals surface area contributed by atoms with E-state index in [0.29, 0.717) is 19.3 Å². The maximum absolute atomic E-state index is 12.8. The molecular formula is C64H110O6. The third-order valence-electron chi connectivity index (χ3n) is 12.6. The first kappa shape index (κ1) is 66.6. The first-order valence-corrected chi connectivity index (χ1v) is 29.6. The first-order chi connectivity index (χ1) is 34.5. The monoisotopic (exact) mass is 975 g/mol. The molecule has 0 aromatic heterocycles. The number of hydrogen-bond donors (Lipinski definition) is 0. The number of carbonyl (C=O) groups is 3. The smallest absolute Gasteiger partial charge is 0.306 e. The van der Waals surface area contributed by atoms with Gasteiger partial charge in [0.25, 0.3) is 0 Å². The highest BCUT2D eigenvalue weighted by Crippen LogP contribution is 2.15. The fourth-order valence-electron chi connectivity index (χ4n) is 8.17. The second-order valence-corrected chi connectivity index (χ2v) is 19.5. The highest BCUT2D eigenvalue weighted by atomic mass is 16.6. The van der Waals surface area contributed by atoms with Crippen LogP contribution in [0.4, 0.5) is 0 Å². The Balaban J connectivity index is 4.43. The van der Waals surface area contributed by atoms with Crippen molar-refractivity contribution >= 4 is 17.9 Å². The van der Waals surface area contributed by atoms with Crippen LogP contribution in [0.3, 0.4) is 0 Å². The van der Waals surface area contributed by atoms with Crippen molar-refractivity contribution in [2.75, 3.05) is 13.2 Å². The normalized spacial score (nSPS) is 12.7. The molecule has 1 unspecified atom stereocenters. The van der Waals surface area contributed by atoms with E-state index in [-0.39, 0.29) is 37.5 Å². The van der Waals surface area contributed by atoms with E-state index < -0.39 is 6.10 Å². The van der Waals surface area contributed by atoms with Crippen molar-refractivity contribution in [3.63, 3.8) is 0 Å². The first-order valence-electron chi connectivity index (χ1n) is 29.6. The van der Waals surface area contributed by atoms with Crippen molar-refractivity contribution in [3.05, 3.63) is 85.1 Å². The van der Waals surface area contributed by atoms with Crippen LogP contribution in [0.15, 0.2) is 85.1 Å². The third-order valence-corrected chi connectivity index (χ3v) is 12.6. The van der Waals surface area contributed by atoms with Gasteiger partial charge in [0.1, 0.15) is 13.2 Å². The molecule has 0 heterocycles. The van der Waals surface area contributed by atoms with Gasteiger partial charge < -0.3 is 14.2 Å². The molecule has 6 heteroatoms. The molecule has 0 saturated carbocycles. The minimum absolute atomic E-state index is 0.102. The average Bonchev–Trinajstić information content (AvgIpc) is 3.36. The summed E-state index contributed by atoms with van der Waals surface area (Å²) in [6.07, 6.45) is 75.8. The SMILES string of the molecule is CC/C=C\C/C=C\C/C=C\C/C=C\C/C=C\CCCC(=O)OC(COC(=O)CCCCCCC/C=C\CCCCCCC)COC(=O)CCCCCCCCCCC/C=C\CCCCCCCCCC. The topological polar surface area (TPSA) is 78.9 Å². The molecule has 70 heavy (non-hydrogen) atoms. The molecule has 1 atom stereocenters. The zero-order chi connectivity index (χ0) is 50.7. The van der Waals surface area contributed by atoms with Crippen LogP contribution in [-0.2, 0) is 28.6 Å². The van der Waals surface area contributed by atoms with Crippen molar-refractivity contribution < 1.29 is 28.6 Å². The van der Waals surface area contributed by atoms with E-state index in [2.05, 4.69) is 106 Å². The number of allylic oxidation sites excluding steroid dienone is 14. The molecule has 0 aliphatic carbocycles. The fourth-order valence-corrected chi connectivity index (χ4v) is 8.17. The van der Waals surface area contributed by atoms with Crippen LogP contribution >= 0.6 is 0 Å². The number of rotatable bonds is 53. The number of esters is 3. The Morgan fingerprint density at radius 2 is 0.571 bits per heavy atom. The van der Waals surface area contributed by atoms with E-state index in [0.717, 1.165) is 89.9 Å². The Kier molecular flexibility index (Phi) is 55.3. The highest BCUT2D eigenvalue weighted by molar-refractivity contribution is 5.71. The average molecular weight is 976 g/mol. The molecule has 0 amide bonds. The van der Waals surface area contributed by atoms with Gasteiger partial charge >= 0.3 is 17.9 Å². The Bertz CT molecular complexity index is 1350. The summed E-state index contributed by atoms with van der Waals surface area (Å²) in [5, 5.41) is 0. The van der Waals surface area contributed by atoms with Gasteiger partial charge in [-0.25, -0.2) is 0 Å². The van der Waals surface area contributed by atoms with Gasteiger partial charge in [-0.3, -0.25) is 14.4 Å². The largest absolute Gasteiger partial charge is 0.462 e. The standard InChI is InChI=1S/C64H110O6/c1-4-7-10-13-16-19-22-25-28-30-31-32-33-35-36-39-42-45-48-51-54-57-63(66)69-60-61(59-68-62(65)56-53-50-47-44-41-38-27-24-21-18-15-12-9-6-3)70-64(67)58-55-52-49-46-43-40-37-34-29-26-23-20-17-14-11-8-5-2/h8,11,17,20,24,26-27,29-31,37,40,46,49,61H,4-7,9-10,12-16,18-19,21-23,25,28,32-36,38-39,41-45,47-48,50-60H2,1-3H3/b11-8-,20-17-,27-24-,29-26-,31-30-,40-37-,49-46-. The van der Waals surface area contributed by atoms with Crippen molar-refractivity contribution in [1.82, 2.24) is 0 Å². The molecule has 0 aliphatic rings. The molecule has 0 aromatic carbocycles. The summed E-state index contributed by atoms with van der Waals surface area (Å²) in [6.45, 7) is 6.48. The van der Waals surface area contributed by atoms with E-state index in [1.54, 1.807) is 0 Å². The van der Waals surface area contributed by atoms with Crippen molar-refractivity contribution in [1.29, 1.82) is 0 Å². The highest BCUT2D eigenvalue weighted by Gasteiger charge is 2.19. The zero-order valence-corrected chi connectivity index (χ0v) is 46.0. The summed E-state index contributed by atoms with van der Waals surface area (Å²) >= 11 is 0. The predicted octanol–water partition coefficient (Wildman–Crippen LogP) is 19.9. The molecule has 0 fully saturated rings. The molecule has 0 aromatic rings. The molecule has 0 aliphatic heterocycles. The van der Waals surface area contributed by atoms with Crippen molar-refractivity contribution in [2.45, 2.75) is 290 Å². The Morgan fingerprint density at radius 1 is 0.300 bits per heavy atom. The second-order valence-electron chi connectivity index (χ2n) is 19.5. The minimum atomic E-state index is -0.811. The van der Waals surface area contributed by atoms with Gasteiger partial charge in [0.2, 0.25) is 0 Å². The van der Waals surface area contributed by atoms with Crippen LogP contribution < -0.4 is 0 Å². The molecule has 0 rings (SSSR count). The van der Waals surface area contributed by atoms with Gasteiger partial charge in [-0.05, 0) is 109 Å². The summed E-state index contributed by atoms with van der Waals surface area (Å²) < 4.78 is 16.8. The van der Waals surface area contributed by atoms with Gasteiger partial charge in [0.15, 0.2) is 6.10 Å². The predicted molar refractivity (Wildman–Crippen MR) is 302 cm³/mol. The number of carbonyl (C=O) groups excluding carboxylic acids is 3. The molecule has 402 valence electrons. The molecule has 0 N–H and O–H groups in total. The van der Waals surface area contributed by atoms with Gasteiger partial charge in [0.05, 0.1) is 0 Å². The van der Waals surface area contributed by atoms with E-state index in [4.69, 9.17) is 14.2 Å². The molecule has 0 bridgehead atoms. The Morgan fingerprint density at radius 3 is 0.929 bits per heavy atom. The summed E-state index contributed by atoms with van der Waals surface area (Å²) in [5.41, 5.74) is 0. The summed E-state index contributed by atoms with van der Waals surface area (Å²) in [5.74, 6) is -0.965. The lowest BCUT2D eigenvalue weighted by Crippen LogP contribution is -2.30. The molecule has 0 radical (unpaired) electrons. The van der Waals surface area contributed by atoms with Crippen molar-refractivity contribution in [2.24, 2.45) is 0 Å². The van der Waals surface area contributed by atoms with E-state index in [1.165, 1.54) is 148 Å². The number of unbranched alkanes of at least 4 members (excludes halogenated alkanes) is 28. The van der Waals surface area contributed by atoms with Crippen LogP contribution in [0, 0.1) is 0 Å². The zero-order valence-electron chi connectivity index (χ0n) is 46.0. The number of hydrogen-bond acceptors (Lipinski definition) is 6. The maximum Gasteiger partial charge on any atom is 0.306 e. The van der Waals surface area contributed by atoms with Crippen LogP contribution in [0.2, 0.25) is 0 Å². The number of ether oxygens (including phenoxy) is 3. The van der Waals surface area contributed by atoms with Crippen LogP contribution in [0.5, 0.6) is 0 Å². The van der Waals surface area contributed by atoms with E-state index >= 15 is 0 Å². The van der Waals surface area contributed by atoms with Gasteiger partial charge in [-0.2, -0.15) is 0 Å². The quantitative estimate of drug-likeness (QED) is 0.0261.